The first-order valence-corrected chi connectivity index (χ1v) is 6.51. The van der Waals surface area contributed by atoms with Gasteiger partial charge in [-0.25, -0.2) is 0 Å². The Morgan fingerprint density at radius 3 is 2.35 bits per heavy atom. The highest BCUT2D eigenvalue weighted by Gasteiger charge is 2.35. The molecule has 20 heavy (non-hydrogen) atoms. The van der Waals surface area contributed by atoms with Crippen LogP contribution in [0.25, 0.3) is 0 Å². The zero-order valence-corrected chi connectivity index (χ0v) is 11.6. The standard InChI is InChI=1S/C14H19F3N2O/c1-3-12(4-2)19(9-14(15,16)17)13(20)10-6-5-7-11(18)8-10/h5-8,12H,3-4,9,18H2,1-2H3. The molecule has 0 aromatic heterocycles. The lowest BCUT2D eigenvalue weighted by Crippen LogP contribution is -2.45. The third-order valence-electron chi connectivity index (χ3n) is 3.13. The average Bonchev–Trinajstić information content (AvgIpc) is 2.36. The Kier molecular flexibility index (Phi) is 5.42. The van der Waals surface area contributed by atoms with Crippen LogP contribution in [0.15, 0.2) is 24.3 Å². The van der Waals surface area contributed by atoms with Gasteiger partial charge in [-0.2, -0.15) is 13.2 Å². The van der Waals surface area contributed by atoms with E-state index in [2.05, 4.69) is 0 Å². The van der Waals surface area contributed by atoms with Gasteiger partial charge in [0, 0.05) is 17.3 Å². The van der Waals surface area contributed by atoms with Gasteiger partial charge < -0.3 is 10.6 Å². The number of nitrogens with zero attached hydrogens (tertiary/aromatic N) is 1. The molecule has 0 heterocycles. The van der Waals surface area contributed by atoms with Crippen molar-refractivity contribution in [1.82, 2.24) is 4.90 Å². The second-order valence-corrected chi connectivity index (χ2v) is 4.64. The van der Waals surface area contributed by atoms with Crippen LogP contribution in [0.2, 0.25) is 0 Å². The van der Waals surface area contributed by atoms with Gasteiger partial charge in [0.15, 0.2) is 0 Å². The Balaban J connectivity index is 3.06. The number of benzene rings is 1. The topological polar surface area (TPSA) is 46.3 Å². The van der Waals surface area contributed by atoms with Crippen LogP contribution < -0.4 is 5.73 Å². The lowest BCUT2D eigenvalue weighted by atomic mass is 10.1. The number of carbonyl (C=O) groups is 1. The van der Waals surface area contributed by atoms with E-state index in [-0.39, 0.29) is 5.56 Å². The molecule has 0 saturated heterocycles. The molecule has 0 spiro atoms. The van der Waals surface area contributed by atoms with Crippen molar-refractivity contribution < 1.29 is 18.0 Å². The average molecular weight is 288 g/mol. The second-order valence-electron chi connectivity index (χ2n) is 4.64. The van der Waals surface area contributed by atoms with Gasteiger partial charge in [-0.1, -0.05) is 19.9 Å². The summed E-state index contributed by atoms with van der Waals surface area (Å²) in [5.41, 5.74) is 6.11. The monoisotopic (exact) mass is 288 g/mol. The molecule has 2 N–H and O–H groups in total. The van der Waals surface area contributed by atoms with E-state index in [1.165, 1.54) is 12.1 Å². The highest BCUT2D eigenvalue weighted by Crippen LogP contribution is 2.22. The molecule has 0 fully saturated rings. The van der Waals surface area contributed by atoms with Gasteiger partial charge >= 0.3 is 6.18 Å². The largest absolute Gasteiger partial charge is 0.406 e. The first kappa shape index (κ1) is 16.3. The van der Waals surface area contributed by atoms with Crippen molar-refractivity contribution in [3.05, 3.63) is 29.8 Å². The number of anilines is 1. The van der Waals surface area contributed by atoms with E-state index in [4.69, 9.17) is 5.73 Å². The summed E-state index contributed by atoms with van der Waals surface area (Å²) in [5.74, 6) is -0.636. The molecule has 0 bridgehead atoms. The fourth-order valence-corrected chi connectivity index (χ4v) is 2.13. The van der Waals surface area contributed by atoms with Crippen LogP contribution >= 0.6 is 0 Å². The summed E-state index contributed by atoms with van der Waals surface area (Å²) in [6.07, 6.45) is -3.47. The lowest BCUT2D eigenvalue weighted by molar-refractivity contribution is -0.144. The van der Waals surface area contributed by atoms with E-state index < -0.39 is 24.7 Å². The Hall–Kier alpha value is -1.72. The van der Waals surface area contributed by atoms with E-state index in [1.54, 1.807) is 26.0 Å². The molecule has 0 aliphatic carbocycles. The quantitative estimate of drug-likeness (QED) is 0.843. The van der Waals surface area contributed by atoms with Crippen LogP contribution in [0.3, 0.4) is 0 Å². The number of amides is 1. The number of hydrogen-bond donors (Lipinski definition) is 1. The van der Waals surface area contributed by atoms with E-state index in [9.17, 15) is 18.0 Å². The summed E-state index contributed by atoms with van der Waals surface area (Å²) >= 11 is 0. The van der Waals surface area contributed by atoms with Gasteiger partial charge in [-0.3, -0.25) is 4.79 Å². The number of hydrogen-bond acceptors (Lipinski definition) is 2. The molecule has 0 aliphatic rings. The third kappa shape index (κ3) is 4.43. The fraction of sp³-hybridized carbons (Fsp3) is 0.500. The predicted octanol–water partition coefficient (Wildman–Crippen LogP) is 3.46. The molecule has 0 atom stereocenters. The summed E-state index contributed by atoms with van der Waals surface area (Å²) in [7, 11) is 0. The molecule has 0 radical (unpaired) electrons. The number of carbonyl (C=O) groups excluding carboxylic acids is 1. The van der Waals surface area contributed by atoms with E-state index >= 15 is 0 Å². The Morgan fingerprint density at radius 2 is 1.90 bits per heavy atom. The molecule has 3 nitrogen and oxygen atoms in total. The molecular formula is C14H19F3N2O. The number of alkyl halides is 3. The molecule has 1 aromatic carbocycles. The highest BCUT2D eigenvalue weighted by molar-refractivity contribution is 5.95. The van der Waals surface area contributed by atoms with E-state index in [0.29, 0.717) is 18.5 Å². The van der Waals surface area contributed by atoms with Gasteiger partial charge in [0.2, 0.25) is 0 Å². The first-order chi connectivity index (χ1) is 9.28. The van der Waals surface area contributed by atoms with Gasteiger partial charge in [-0.05, 0) is 31.0 Å². The van der Waals surface area contributed by atoms with Crippen LogP contribution in [0.1, 0.15) is 37.0 Å². The first-order valence-electron chi connectivity index (χ1n) is 6.51. The summed E-state index contributed by atoms with van der Waals surface area (Å²) in [6, 6.07) is 5.58. The zero-order chi connectivity index (χ0) is 15.3. The van der Waals surface area contributed by atoms with Crippen molar-refractivity contribution in [3.63, 3.8) is 0 Å². The minimum Gasteiger partial charge on any atom is -0.399 e. The zero-order valence-electron chi connectivity index (χ0n) is 11.6. The third-order valence-corrected chi connectivity index (χ3v) is 3.13. The normalized spacial score (nSPS) is 11.7. The van der Waals surface area contributed by atoms with Crippen molar-refractivity contribution >= 4 is 11.6 Å². The van der Waals surface area contributed by atoms with E-state index in [1.807, 2.05) is 0 Å². The summed E-state index contributed by atoms with van der Waals surface area (Å²) in [6.45, 7) is 2.29. The SMILES string of the molecule is CCC(CC)N(CC(F)(F)F)C(=O)c1cccc(N)c1. The minimum atomic E-state index is -4.42. The predicted molar refractivity (Wildman–Crippen MR) is 72.3 cm³/mol. The number of halogens is 3. The summed E-state index contributed by atoms with van der Waals surface area (Å²) < 4.78 is 38.0. The molecule has 0 unspecified atom stereocenters. The van der Waals surface area contributed by atoms with Crippen molar-refractivity contribution in [2.75, 3.05) is 12.3 Å². The van der Waals surface area contributed by atoms with Gasteiger partial charge in [0.1, 0.15) is 6.54 Å². The number of nitrogens with two attached hydrogens (primary N) is 1. The summed E-state index contributed by atoms with van der Waals surface area (Å²) in [5, 5.41) is 0. The maximum Gasteiger partial charge on any atom is 0.406 e. The maximum absolute atomic E-state index is 12.7. The number of rotatable bonds is 5. The minimum absolute atomic E-state index is 0.182. The molecule has 0 aliphatic heterocycles. The lowest BCUT2D eigenvalue weighted by Gasteiger charge is -2.31. The van der Waals surface area contributed by atoms with Crippen molar-refractivity contribution in [2.24, 2.45) is 0 Å². The molecule has 6 heteroatoms. The van der Waals surface area contributed by atoms with Crippen molar-refractivity contribution in [2.45, 2.75) is 38.9 Å². The van der Waals surface area contributed by atoms with Crippen LogP contribution in [0.5, 0.6) is 0 Å². The van der Waals surface area contributed by atoms with Gasteiger partial charge in [0.05, 0.1) is 0 Å². The van der Waals surface area contributed by atoms with Crippen LogP contribution in [-0.4, -0.2) is 29.6 Å². The molecule has 1 rings (SSSR count). The molecule has 1 aromatic rings. The summed E-state index contributed by atoms with van der Waals surface area (Å²) in [4.78, 5) is 13.2. The smallest absolute Gasteiger partial charge is 0.399 e. The second kappa shape index (κ2) is 6.63. The van der Waals surface area contributed by atoms with Crippen LogP contribution in [0, 0.1) is 0 Å². The van der Waals surface area contributed by atoms with Crippen molar-refractivity contribution in [1.29, 1.82) is 0 Å². The Morgan fingerprint density at radius 1 is 1.30 bits per heavy atom. The van der Waals surface area contributed by atoms with Crippen molar-refractivity contribution in [3.8, 4) is 0 Å². The molecular weight excluding hydrogens is 269 g/mol. The van der Waals surface area contributed by atoms with Crippen LogP contribution in [0.4, 0.5) is 18.9 Å². The van der Waals surface area contributed by atoms with Crippen LogP contribution in [-0.2, 0) is 0 Å². The number of nitrogen functional groups attached to an aromatic ring is 1. The van der Waals surface area contributed by atoms with Gasteiger partial charge in [-0.15, -0.1) is 0 Å². The Labute approximate surface area is 116 Å². The fourth-order valence-electron chi connectivity index (χ4n) is 2.13. The van der Waals surface area contributed by atoms with E-state index in [0.717, 1.165) is 4.90 Å². The Bertz CT molecular complexity index is 456. The molecule has 1 amide bonds. The highest BCUT2D eigenvalue weighted by atomic mass is 19.4. The molecule has 112 valence electrons. The molecule has 0 saturated carbocycles. The maximum atomic E-state index is 12.7. The van der Waals surface area contributed by atoms with Gasteiger partial charge in [0.25, 0.3) is 5.91 Å².